The van der Waals surface area contributed by atoms with Crippen molar-refractivity contribution < 1.29 is 18.3 Å². The highest BCUT2D eigenvalue weighted by molar-refractivity contribution is 5.87. The topological polar surface area (TPSA) is 108 Å². The Hall–Kier alpha value is -3.74. The minimum Gasteiger partial charge on any atom is -0.374 e. The third-order valence-electron chi connectivity index (χ3n) is 7.84. The van der Waals surface area contributed by atoms with E-state index in [1.165, 1.54) is 4.68 Å². The maximum Gasteiger partial charge on any atom is 0.284 e. The molecule has 3 aliphatic rings. The van der Waals surface area contributed by atoms with Crippen molar-refractivity contribution in [3.8, 4) is 16.9 Å². The molecule has 1 saturated carbocycles. The Morgan fingerprint density at radius 3 is 2.73 bits per heavy atom. The number of hydrogen-bond donors (Lipinski definition) is 0. The van der Waals surface area contributed by atoms with Gasteiger partial charge in [-0.05, 0) is 38.2 Å². The second-order valence-corrected chi connectivity index (χ2v) is 10.00. The second kappa shape index (κ2) is 8.68. The van der Waals surface area contributed by atoms with E-state index in [0.717, 1.165) is 25.5 Å². The van der Waals surface area contributed by atoms with Crippen molar-refractivity contribution in [1.82, 2.24) is 39.4 Å². The zero-order chi connectivity index (χ0) is 25.1. The molecular weight excluding hydrogens is 484 g/mol. The van der Waals surface area contributed by atoms with Gasteiger partial charge in [-0.1, -0.05) is 5.21 Å². The molecule has 2 saturated heterocycles. The average molecular weight is 510 g/mol. The number of fused-ring (bicyclic) bond motifs is 3. The van der Waals surface area contributed by atoms with Crippen molar-refractivity contribution in [2.45, 2.75) is 56.7 Å². The Bertz CT molecular complexity index is 1460. The zero-order valence-electron chi connectivity index (χ0n) is 19.9. The minimum absolute atomic E-state index is 0.0237. The zero-order valence-corrected chi connectivity index (χ0v) is 19.9. The molecule has 1 aliphatic carbocycles. The van der Waals surface area contributed by atoms with E-state index < -0.39 is 6.43 Å². The van der Waals surface area contributed by atoms with Gasteiger partial charge >= 0.3 is 0 Å². The number of rotatable bonds is 6. The number of ether oxygens (including phenoxy) is 1. The van der Waals surface area contributed by atoms with Gasteiger partial charge in [0, 0.05) is 24.9 Å². The number of alkyl halides is 2. The summed E-state index contributed by atoms with van der Waals surface area (Å²) in [7, 11) is 0. The van der Waals surface area contributed by atoms with Gasteiger partial charge in [-0.15, -0.1) is 10.2 Å². The SMILES string of the molecule is O=CC1CCC(n2cc(-n3nncc3-c3c(N4C[C@H]5C[C@@H]4CO5)nn4cccnc34)c(C(F)F)n2)CC1. The number of nitrogens with zero attached hydrogens (tertiary/aromatic N) is 9. The maximum atomic E-state index is 14.2. The molecule has 13 heteroatoms. The van der Waals surface area contributed by atoms with Crippen molar-refractivity contribution >= 4 is 17.8 Å². The van der Waals surface area contributed by atoms with Crippen LogP contribution in [-0.2, 0) is 9.53 Å². The first-order chi connectivity index (χ1) is 18.1. The van der Waals surface area contributed by atoms with Crippen molar-refractivity contribution in [3.63, 3.8) is 0 Å². The van der Waals surface area contributed by atoms with Crippen molar-refractivity contribution in [2.75, 3.05) is 18.1 Å². The van der Waals surface area contributed by atoms with Crippen LogP contribution in [0.25, 0.3) is 22.6 Å². The van der Waals surface area contributed by atoms with Crippen molar-refractivity contribution in [1.29, 1.82) is 0 Å². The summed E-state index contributed by atoms with van der Waals surface area (Å²) in [6.45, 7) is 1.32. The molecule has 2 bridgehead atoms. The first-order valence-corrected chi connectivity index (χ1v) is 12.6. The lowest BCUT2D eigenvalue weighted by Crippen LogP contribution is -2.37. The van der Waals surface area contributed by atoms with E-state index in [1.807, 2.05) is 6.20 Å². The summed E-state index contributed by atoms with van der Waals surface area (Å²) >= 11 is 0. The van der Waals surface area contributed by atoms with Crippen LogP contribution in [0.1, 0.15) is 50.3 Å². The summed E-state index contributed by atoms with van der Waals surface area (Å²) in [6, 6.07) is 1.93. The molecule has 4 aromatic rings. The number of anilines is 1. The van der Waals surface area contributed by atoms with E-state index in [4.69, 9.17) is 9.84 Å². The van der Waals surface area contributed by atoms with Gasteiger partial charge in [0.05, 0.1) is 42.8 Å². The number of aldehydes is 1. The van der Waals surface area contributed by atoms with E-state index in [2.05, 4.69) is 25.3 Å². The molecule has 0 aromatic carbocycles. The van der Waals surface area contributed by atoms with E-state index in [9.17, 15) is 13.6 Å². The molecule has 37 heavy (non-hydrogen) atoms. The molecule has 0 unspecified atom stereocenters. The Balaban J connectivity index is 1.34. The standard InChI is InChI=1S/C24H25F2N9O2/c25-22(26)21-19(11-34(29-21)15-4-2-14(12-36)3-5-15)35-18(9-28-31-35)20-23-27-6-1-7-33(23)30-24(20)32-10-17-8-16(32)13-37-17/h1,6-7,9,11-12,14-17,22H,2-5,8,10,13H2/t14?,15?,16-,17-/m1/s1. The highest BCUT2D eigenvalue weighted by atomic mass is 19.3. The van der Waals surface area contributed by atoms with Crippen LogP contribution in [0.3, 0.4) is 0 Å². The van der Waals surface area contributed by atoms with E-state index >= 15 is 0 Å². The highest BCUT2D eigenvalue weighted by Gasteiger charge is 2.42. The molecule has 11 nitrogen and oxygen atoms in total. The number of halogens is 2. The third-order valence-corrected chi connectivity index (χ3v) is 7.84. The van der Waals surface area contributed by atoms with Crippen LogP contribution >= 0.6 is 0 Å². The molecule has 2 atom stereocenters. The molecule has 2 aliphatic heterocycles. The Kier molecular flexibility index (Phi) is 5.27. The maximum absolute atomic E-state index is 14.2. The van der Waals surface area contributed by atoms with Crippen LogP contribution in [-0.4, -0.2) is 71.0 Å². The largest absolute Gasteiger partial charge is 0.374 e. The predicted octanol–water partition coefficient (Wildman–Crippen LogP) is 3.02. The molecular formula is C24H25F2N9O2. The lowest BCUT2D eigenvalue weighted by molar-refractivity contribution is -0.112. The van der Waals surface area contributed by atoms with E-state index in [1.54, 1.807) is 33.9 Å². The first-order valence-electron chi connectivity index (χ1n) is 12.6. The second-order valence-electron chi connectivity index (χ2n) is 10.00. The lowest BCUT2D eigenvalue weighted by atomic mass is 9.87. The summed E-state index contributed by atoms with van der Waals surface area (Å²) in [5.74, 6) is 0.729. The quantitative estimate of drug-likeness (QED) is 0.365. The summed E-state index contributed by atoms with van der Waals surface area (Å²) in [4.78, 5) is 17.9. The van der Waals surface area contributed by atoms with Crippen LogP contribution in [0.2, 0.25) is 0 Å². The fraction of sp³-hybridized carbons (Fsp3) is 0.500. The fourth-order valence-electron chi connectivity index (χ4n) is 5.95. The number of carbonyl (C=O) groups excluding carboxylic acids is 1. The van der Waals surface area contributed by atoms with Crippen LogP contribution in [0.5, 0.6) is 0 Å². The number of aromatic nitrogens is 8. The van der Waals surface area contributed by atoms with Gasteiger partial charge in [0.25, 0.3) is 6.43 Å². The Morgan fingerprint density at radius 2 is 2.00 bits per heavy atom. The van der Waals surface area contributed by atoms with Gasteiger partial charge in [0.2, 0.25) is 0 Å². The Morgan fingerprint density at radius 1 is 1.14 bits per heavy atom. The number of carbonyl (C=O) groups is 1. The normalized spacial score (nSPS) is 25.5. The lowest BCUT2D eigenvalue weighted by Gasteiger charge is -2.27. The number of hydrogen-bond acceptors (Lipinski definition) is 8. The molecule has 7 rings (SSSR count). The molecule has 6 heterocycles. The highest BCUT2D eigenvalue weighted by Crippen LogP contribution is 2.41. The van der Waals surface area contributed by atoms with Crippen LogP contribution in [0.4, 0.5) is 14.6 Å². The summed E-state index contributed by atoms with van der Waals surface area (Å²) in [6.07, 6.45) is 8.79. The molecule has 3 fully saturated rings. The molecule has 192 valence electrons. The number of morpholine rings is 1. The van der Waals surface area contributed by atoms with Crippen LogP contribution in [0.15, 0.2) is 30.9 Å². The minimum atomic E-state index is -2.80. The monoisotopic (exact) mass is 509 g/mol. The summed E-state index contributed by atoms with van der Waals surface area (Å²) in [5.41, 5.74) is 1.59. The molecule has 0 spiro atoms. The smallest absolute Gasteiger partial charge is 0.284 e. The van der Waals surface area contributed by atoms with Gasteiger partial charge in [-0.2, -0.15) is 5.10 Å². The Labute approximate surface area is 210 Å². The molecule has 0 radical (unpaired) electrons. The summed E-state index contributed by atoms with van der Waals surface area (Å²) < 4.78 is 39.0. The van der Waals surface area contributed by atoms with Crippen LogP contribution < -0.4 is 4.90 Å². The van der Waals surface area contributed by atoms with Gasteiger partial charge in [0.15, 0.2) is 17.2 Å². The predicted molar refractivity (Wildman–Crippen MR) is 127 cm³/mol. The molecule has 4 aromatic heterocycles. The van der Waals surface area contributed by atoms with Gasteiger partial charge in [-0.3, -0.25) is 4.68 Å². The fourth-order valence-corrected chi connectivity index (χ4v) is 5.95. The van der Waals surface area contributed by atoms with E-state index in [-0.39, 0.29) is 35.5 Å². The van der Waals surface area contributed by atoms with Crippen molar-refractivity contribution in [2.24, 2.45) is 5.92 Å². The summed E-state index contributed by atoms with van der Waals surface area (Å²) in [5, 5.41) is 17.4. The van der Waals surface area contributed by atoms with Crippen molar-refractivity contribution in [3.05, 3.63) is 36.5 Å². The molecule has 0 amide bonds. The molecule has 0 N–H and O–H groups in total. The first kappa shape index (κ1) is 22.5. The average Bonchev–Trinajstić information content (AvgIpc) is 3.74. The van der Waals surface area contributed by atoms with E-state index in [0.29, 0.717) is 48.7 Å². The van der Waals surface area contributed by atoms with Gasteiger partial charge < -0.3 is 14.4 Å². The van der Waals surface area contributed by atoms with Crippen LogP contribution in [0, 0.1) is 5.92 Å². The van der Waals surface area contributed by atoms with Gasteiger partial charge in [0.1, 0.15) is 17.7 Å². The third kappa shape index (κ3) is 3.63. The van der Waals surface area contributed by atoms with Gasteiger partial charge in [-0.25, -0.2) is 23.0 Å².